The Morgan fingerprint density at radius 1 is 1.18 bits per heavy atom. The summed E-state index contributed by atoms with van der Waals surface area (Å²) in [5.41, 5.74) is 7.15. The van der Waals surface area contributed by atoms with E-state index >= 15 is 0 Å². The molecule has 1 heterocycles. The number of para-hydroxylation sites is 1. The Hall–Kier alpha value is -2.69. The first kappa shape index (κ1) is 14.3. The number of carbonyl (C=O) groups is 1. The molecule has 2 aromatic rings. The van der Waals surface area contributed by atoms with Gasteiger partial charge in [-0.25, -0.2) is 0 Å². The predicted molar refractivity (Wildman–Crippen MR) is 85.3 cm³/mol. The Kier molecular flexibility index (Phi) is 4.14. The van der Waals surface area contributed by atoms with Gasteiger partial charge in [0.25, 0.3) is 5.91 Å². The van der Waals surface area contributed by atoms with Crippen molar-refractivity contribution in [1.29, 1.82) is 0 Å². The van der Waals surface area contributed by atoms with Crippen LogP contribution in [0.1, 0.15) is 6.42 Å². The number of anilines is 2. The largest absolute Gasteiger partial charge is 0.494 e. The number of carbonyl (C=O) groups excluding carboxylic acids is 1. The highest BCUT2D eigenvalue weighted by Crippen LogP contribution is 2.33. The molecule has 0 unspecified atom stereocenters. The minimum absolute atomic E-state index is 0.0576. The van der Waals surface area contributed by atoms with E-state index < -0.39 is 0 Å². The molecule has 2 aromatic carbocycles. The lowest BCUT2D eigenvalue weighted by atomic mass is 10.2. The SMILES string of the molecule is Nc1ccc2c(c1)N(CCCOc1ccccc1)C(=O)CO2. The molecule has 0 aliphatic carbocycles. The van der Waals surface area contributed by atoms with Gasteiger partial charge >= 0.3 is 0 Å². The van der Waals surface area contributed by atoms with Crippen LogP contribution in [0.3, 0.4) is 0 Å². The zero-order valence-electron chi connectivity index (χ0n) is 12.2. The average molecular weight is 298 g/mol. The second-order valence-corrected chi connectivity index (χ2v) is 5.08. The van der Waals surface area contributed by atoms with E-state index in [1.165, 1.54) is 0 Å². The van der Waals surface area contributed by atoms with Crippen molar-refractivity contribution >= 4 is 17.3 Å². The molecular weight excluding hydrogens is 280 g/mol. The molecule has 1 amide bonds. The highest BCUT2D eigenvalue weighted by molar-refractivity contribution is 5.98. The monoisotopic (exact) mass is 298 g/mol. The lowest BCUT2D eigenvalue weighted by Gasteiger charge is -2.29. The Balaban J connectivity index is 1.60. The van der Waals surface area contributed by atoms with Gasteiger partial charge in [-0.2, -0.15) is 0 Å². The molecule has 0 aromatic heterocycles. The van der Waals surface area contributed by atoms with Crippen molar-refractivity contribution in [2.75, 3.05) is 30.4 Å². The second-order valence-electron chi connectivity index (χ2n) is 5.08. The Morgan fingerprint density at radius 2 is 2.00 bits per heavy atom. The number of fused-ring (bicyclic) bond motifs is 1. The summed E-state index contributed by atoms with van der Waals surface area (Å²) in [6.07, 6.45) is 0.731. The molecule has 5 nitrogen and oxygen atoms in total. The van der Waals surface area contributed by atoms with Gasteiger partial charge in [0.15, 0.2) is 6.61 Å². The zero-order valence-corrected chi connectivity index (χ0v) is 12.2. The van der Waals surface area contributed by atoms with Gasteiger partial charge in [0.05, 0.1) is 12.3 Å². The Morgan fingerprint density at radius 3 is 2.82 bits per heavy atom. The first-order valence-corrected chi connectivity index (χ1v) is 7.24. The number of amides is 1. The van der Waals surface area contributed by atoms with Crippen molar-refractivity contribution in [3.8, 4) is 11.5 Å². The maximum Gasteiger partial charge on any atom is 0.265 e. The Labute approximate surface area is 129 Å². The maximum atomic E-state index is 12.1. The van der Waals surface area contributed by atoms with Crippen LogP contribution in [0.2, 0.25) is 0 Å². The van der Waals surface area contributed by atoms with Crippen LogP contribution in [0.15, 0.2) is 48.5 Å². The molecule has 0 bridgehead atoms. The molecule has 0 radical (unpaired) electrons. The number of benzene rings is 2. The van der Waals surface area contributed by atoms with E-state index in [4.69, 9.17) is 15.2 Å². The van der Waals surface area contributed by atoms with E-state index in [9.17, 15) is 4.79 Å². The van der Waals surface area contributed by atoms with Gasteiger partial charge in [-0.05, 0) is 36.8 Å². The van der Waals surface area contributed by atoms with Gasteiger partial charge in [-0.3, -0.25) is 4.79 Å². The third-order valence-electron chi connectivity index (χ3n) is 3.46. The fourth-order valence-electron chi connectivity index (χ4n) is 2.39. The number of hydrogen-bond donors (Lipinski definition) is 1. The minimum atomic E-state index is -0.0576. The number of ether oxygens (including phenoxy) is 2. The first-order chi connectivity index (χ1) is 10.7. The molecular formula is C17H18N2O3. The topological polar surface area (TPSA) is 64.8 Å². The molecule has 1 aliphatic rings. The second kappa shape index (κ2) is 6.39. The van der Waals surface area contributed by atoms with Crippen LogP contribution in [-0.4, -0.2) is 25.7 Å². The molecule has 0 fully saturated rings. The summed E-state index contributed by atoms with van der Waals surface area (Å²) in [6.45, 7) is 1.19. The summed E-state index contributed by atoms with van der Waals surface area (Å²) in [6, 6.07) is 15.0. The van der Waals surface area contributed by atoms with Gasteiger partial charge in [0, 0.05) is 12.2 Å². The van der Waals surface area contributed by atoms with E-state index in [0.717, 1.165) is 17.9 Å². The Bertz CT molecular complexity index is 658. The van der Waals surface area contributed by atoms with Crippen molar-refractivity contribution in [2.24, 2.45) is 0 Å². The molecule has 0 saturated carbocycles. The average Bonchev–Trinajstić information content (AvgIpc) is 2.54. The third kappa shape index (κ3) is 3.14. The molecule has 114 valence electrons. The fourth-order valence-corrected chi connectivity index (χ4v) is 2.39. The van der Waals surface area contributed by atoms with Crippen molar-refractivity contribution in [1.82, 2.24) is 0 Å². The molecule has 1 aliphatic heterocycles. The van der Waals surface area contributed by atoms with Crippen molar-refractivity contribution in [3.63, 3.8) is 0 Å². The first-order valence-electron chi connectivity index (χ1n) is 7.24. The summed E-state index contributed by atoms with van der Waals surface area (Å²) in [7, 11) is 0. The van der Waals surface area contributed by atoms with Crippen LogP contribution in [0.5, 0.6) is 11.5 Å². The lowest BCUT2D eigenvalue weighted by Crippen LogP contribution is -2.39. The molecule has 2 N–H and O–H groups in total. The van der Waals surface area contributed by atoms with Crippen LogP contribution in [0.25, 0.3) is 0 Å². The van der Waals surface area contributed by atoms with Gasteiger partial charge in [0.1, 0.15) is 11.5 Å². The normalized spacial score (nSPS) is 13.5. The number of nitrogens with two attached hydrogens (primary N) is 1. The lowest BCUT2D eigenvalue weighted by molar-refractivity contribution is -0.121. The quantitative estimate of drug-likeness (QED) is 0.680. The van der Waals surface area contributed by atoms with Gasteiger partial charge in [0.2, 0.25) is 0 Å². The van der Waals surface area contributed by atoms with Crippen molar-refractivity contribution in [2.45, 2.75) is 6.42 Å². The minimum Gasteiger partial charge on any atom is -0.494 e. The highest BCUT2D eigenvalue weighted by atomic mass is 16.5. The van der Waals surface area contributed by atoms with Gasteiger partial charge < -0.3 is 20.1 Å². The predicted octanol–water partition coefficient (Wildman–Crippen LogP) is 2.46. The molecule has 3 rings (SSSR count). The van der Waals surface area contributed by atoms with E-state index in [1.54, 1.807) is 23.1 Å². The van der Waals surface area contributed by atoms with Crippen molar-refractivity contribution < 1.29 is 14.3 Å². The molecule has 0 saturated heterocycles. The number of nitrogen functional groups attached to an aromatic ring is 1. The standard InChI is InChI=1S/C17H18N2O3/c18-13-7-8-16-15(11-13)19(17(20)12-22-16)9-4-10-21-14-5-2-1-3-6-14/h1-3,5-8,11H,4,9-10,12,18H2. The van der Waals surface area contributed by atoms with Crippen LogP contribution in [0.4, 0.5) is 11.4 Å². The van der Waals surface area contributed by atoms with Crippen LogP contribution in [-0.2, 0) is 4.79 Å². The summed E-state index contributed by atoms with van der Waals surface area (Å²) < 4.78 is 11.1. The molecule has 22 heavy (non-hydrogen) atoms. The van der Waals surface area contributed by atoms with Crippen LogP contribution in [0, 0.1) is 0 Å². The van der Waals surface area contributed by atoms with Crippen molar-refractivity contribution in [3.05, 3.63) is 48.5 Å². The highest BCUT2D eigenvalue weighted by Gasteiger charge is 2.25. The summed E-state index contributed by atoms with van der Waals surface area (Å²) in [5.74, 6) is 1.47. The fraction of sp³-hybridized carbons (Fsp3) is 0.235. The molecule has 0 spiro atoms. The van der Waals surface area contributed by atoms with Crippen LogP contribution >= 0.6 is 0 Å². The van der Waals surface area contributed by atoms with Crippen LogP contribution < -0.4 is 20.1 Å². The van der Waals surface area contributed by atoms with Gasteiger partial charge in [-0.15, -0.1) is 0 Å². The summed E-state index contributed by atoms with van der Waals surface area (Å²) >= 11 is 0. The molecule has 5 heteroatoms. The maximum absolute atomic E-state index is 12.1. The van der Waals surface area contributed by atoms with E-state index in [0.29, 0.717) is 24.6 Å². The van der Waals surface area contributed by atoms with Gasteiger partial charge in [-0.1, -0.05) is 18.2 Å². The molecule has 0 atom stereocenters. The summed E-state index contributed by atoms with van der Waals surface area (Å²) in [5, 5.41) is 0. The zero-order chi connectivity index (χ0) is 15.4. The third-order valence-corrected chi connectivity index (χ3v) is 3.46. The number of rotatable bonds is 5. The van der Waals surface area contributed by atoms with E-state index in [2.05, 4.69) is 0 Å². The van der Waals surface area contributed by atoms with E-state index in [-0.39, 0.29) is 12.5 Å². The van der Waals surface area contributed by atoms with E-state index in [1.807, 2.05) is 30.3 Å². The smallest absolute Gasteiger partial charge is 0.265 e. The number of hydrogen-bond acceptors (Lipinski definition) is 4. The number of nitrogens with zero attached hydrogens (tertiary/aromatic N) is 1. The summed E-state index contributed by atoms with van der Waals surface area (Å²) in [4.78, 5) is 13.8.